The number of halogens is 2. The Kier molecular flexibility index (Phi) is 8.61. The maximum atomic E-state index is 13.8. The molecular formula is C29H25Cl2N5O5. The molecule has 0 N–H and O–H groups in total. The van der Waals surface area contributed by atoms with E-state index in [-0.39, 0.29) is 35.3 Å². The topological polar surface area (TPSA) is 123 Å². The second-order valence-electron chi connectivity index (χ2n) is 9.63. The van der Waals surface area contributed by atoms with Crippen molar-refractivity contribution in [2.75, 3.05) is 13.1 Å². The van der Waals surface area contributed by atoms with E-state index in [1.54, 1.807) is 29.2 Å². The number of nitro benzene ring substituents is 1. The first-order valence-corrected chi connectivity index (χ1v) is 13.7. The van der Waals surface area contributed by atoms with Crippen LogP contribution in [0.1, 0.15) is 47.1 Å². The van der Waals surface area contributed by atoms with Crippen molar-refractivity contribution in [1.82, 2.24) is 19.9 Å². The van der Waals surface area contributed by atoms with Gasteiger partial charge in [0.15, 0.2) is 0 Å². The third kappa shape index (κ3) is 6.55. The fourth-order valence-electron chi connectivity index (χ4n) is 4.79. The van der Waals surface area contributed by atoms with Crippen LogP contribution in [0.25, 0.3) is 11.4 Å². The smallest absolute Gasteiger partial charge is 0.270 e. The summed E-state index contributed by atoms with van der Waals surface area (Å²) >= 11 is 12.3. The molecule has 1 atom stereocenters. The average Bonchev–Trinajstić information content (AvgIpc) is 3.47. The highest BCUT2D eigenvalue weighted by molar-refractivity contribution is 6.34. The second-order valence-corrected chi connectivity index (χ2v) is 10.5. The van der Waals surface area contributed by atoms with Crippen LogP contribution in [0, 0.1) is 10.1 Å². The molecule has 5 rings (SSSR count). The molecule has 4 aromatic rings. The number of carbonyl (C=O) groups excluding carboxylic acids is 2. The number of amides is 2. The molecular weight excluding hydrogens is 569 g/mol. The van der Waals surface area contributed by atoms with Crippen molar-refractivity contribution in [2.45, 2.75) is 31.8 Å². The molecule has 0 aliphatic carbocycles. The zero-order valence-corrected chi connectivity index (χ0v) is 23.3. The van der Waals surface area contributed by atoms with Crippen molar-refractivity contribution in [3.05, 3.63) is 110 Å². The monoisotopic (exact) mass is 593 g/mol. The van der Waals surface area contributed by atoms with E-state index < -0.39 is 16.9 Å². The first kappa shape index (κ1) is 28.3. The van der Waals surface area contributed by atoms with Crippen LogP contribution in [0.3, 0.4) is 0 Å². The molecule has 0 bridgehead atoms. The minimum Gasteiger partial charge on any atom is -0.337 e. The Bertz CT molecular complexity index is 1560. The Morgan fingerprint density at radius 2 is 1.80 bits per heavy atom. The van der Waals surface area contributed by atoms with Gasteiger partial charge in [-0.25, -0.2) is 0 Å². The SMILES string of the molecule is O=C(c1ccc([N+](=O)[O-])cc1Cl)N(CC(=O)N1CCCC[C@H]1c1nc(-c2ccc(Cl)cc2)no1)Cc1ccccc1. The number of hydrogen-bond acceptors (Lipinski definition) is 7. The first-order chi connectivity index (χ1) is 19.8. The van der Waals surface area contributed by atoms with Gasteiger partial charge in [-0.15, -0.1) is 0 Å². The summed E-state index contributed by atoms with van der Waals surface area (Å²) < 4.78 is 5.59. The molecule has 1 fully saturated rings. The van der Waals surface area contributed by atoms with Gasteiger partial charge in [-0.2, -0.15) is 4.98 Å². The van der Waals surface area contributed by atoms with Crippen LogP contribution in [0.15, 0.2) is 77.3 Å². The Morgan fingerprint density at radius 3 is 2.51 bits per heavy atom. The molecule has 1 saturated heterocycles. The van der Waals surface area contributed by atoms with E-state index in [1.807, 2.05) is 30.3 Å². The predicted molar refractivity (Wildman–Crippen MR) is 152 cm³/mol. The Hall–Kier alpha value is -4.28. The normalized spacial score (nSPS) is 15.0. The molecule has 12 heteroatoms. The lowest BCUT2D eigenvalue weighted by Crippen LogP contribution is -2.46. The maximum absolute atomic E-state index is 13.8. The molecule has 0 radical (unpaired) electrons. The van der Waals surface area contributed by atoms with E-state index in [0.717, 1.165) is 30.0 Å². The fourth-order valence-corrected chi connectivity index (χ4v) is 5.17. The Balaban J connectivity index is 1.39. The van der Waals surface area contributed by atoms with Gasteiger partial charge in [0.1, 0.15) is 12.6 Å². The average molecular weight is 594 g/mol. The highest BCUT2D eigenvalue weighted by atomic mass is 35.5. The van der Waals surface area contributed by atoms with Gasteiger partial charge >= 0.3 is 0 Å². The number of rotatable bonds is 8. The second kappa shape index (κ2) is 12.5. The van der Waals surface area contributed by atoms with Crippen molar-refractivity contribution in [3.8, 4) is 11.4 Å². The number of piperidine rings is 1. The maximum Gasteiger partial charge on any atom is 0.270 e. The Labute approximate surface area is 245 Å². The minimum atomic E-state index is -0.586. The summed E-state index contributed by atoms with van der Waals surface area (Å²) in [5, 5.41) is 15.8. The summed E-state index contributed by atoms with van der Waals surface area (Å²) in [6.07, 6.45) is 2.30. The molecule has 41 heavy (non-hydrogen) atoms. The van der Waals surface area contributed by atoms with E-state index in [1.165, 1.54) is 17.0 Å². The summed E-state index contributed by atoms with van der Waals surface area (Å²) in [4.78, 5) is 45.6. The van der Waals surface area contributed by atoms with Gasteiger partial charge in [0.25, 0.3) is 11.6 Å². The molecule has 2 amide bonds. The fraction of sp³-hybridized carbons (Fsp3) is 0.241. The molecule has 1 aromatic heterocycles. The van der Waals surface area contributed by atoms with Crippen LogP contribution >= 0.6 is 23.2 Å². The van der Waals surface area contributed by atoms with E-state index in [0.29, 0.717) is 29.7 Å². The van der Waals surface area contributed by atoms with Gasteiger partial charge in [-0.05, 0) is 55.2 Å². The number of carbonyl (C=O) groups is 2. The van der Waals surface area contributed by atoms with E-state index in [9.17, 15) is 19.7 Å². The number of benzene rings is 3. The van der Waals surface area contributed by atoms with E-state index in [2.05, 4.69) is 10.1 Å². The van der Waals surface area contributed by atoms with Crippen LogP contribution in [-0.4, -0.2) is 49.8 Å². The summed E-state index contributed by atoms with van der Waals surface area (Å²) in [6.45, 7) is 0.363. The van der Waals surface area contributed by atoms with Gasteiger partial charge in [-0.1, -0.05) is 58.7 Å². The lowest BCUT2D eigenvalue weighted by atomic mass is 10.0. The zero-order chi connectivity index (χ0) is 28.9. The van der Waals surface area contributed by atoms with Crippen LogP contribution in [0.5, 0.6) is 0 Å². The quantitative estimate of drug-likeness (QED) is 0.172. The van der Waals surface area contributed by atoms with Crippen molar-refractivity contribution < 1.29 is 19.0 Å². The molecule has 3 aromatic carbocycles. The highest BCUT2D eigenvalue weighted by Gasteiger charge is 2.34. The van der Waals surface area contributed by atoms with Crippen LogP contribution in [-0.2, 0) is 11.3 Å². The summed E-state index contributed by atoms with van der Waals surface area (Å²) in [7, 11) is 0. The van der Waals surface area contributed by atoms with Crippen LogP contribution in [0.4, 0.5) is 5.69 Å². The number of likely N-dealkylation sites (tertiary alicyclic amines) is 1. The molecule has 10 nitrogen and oxygen atoms in total. The largest absolute Gasteiger partial charge is 0.337 e. The minimum absolute atomic E-state index is 0.0638. The number of aromatic nitrogens is 2. The number of hydrogen-bond donors (Lipinski definition) is 0. The van der Waals surface area contributed by atoms with Gasteiger partial charge in [0, 0.05) is 35.8 Å². The summed E-state index contributed by atoms with van der Waals surface area (Å²) in [5.41, 5.74) is 1.38. The van der Waals surface area contributed by atoms with E-state index >= 15 is 0 Å². The number of nitro groups is 1. The standard InChI is InChI=1S/C29H25Cl2N5O5/c30-21-11-9-20(10-12-21)27-32-28(41-33-27)25-8-4-5-15-35(25)26(37)18-34(17-19-6-2-1-3-7-19)29(38)23-14-13-22(36(39)40)16-24(23)31/h1-3,6-7,9-14,16,25H,4-5,8,15,17-18H2/t25-/m0/s1. The first-order valence-electron chi connectivity index (χ1n) is 13.0. The summed E-state index contributed by atoms with van der Waals surface area (Å²) in [6, 6.07) is 19.5. The molecule has 0 saturated carbocycles. The predicted octanol–water partition coefficient (Wildman–Crippen LogP) is 6.35. The molecule has 0 unspecified atom stereocenters. The number of non-ortho nitro benzene ring substituents is 1. The lowest BCUT2D eigenvalue weighted by Gasteiger charge is -2.35. The van der Waals surface area contributed by atoms with Crippen LogP contribution < -0.4 is 0 Å². The molecule has 2 heterocycles. The zero-order valence-electron chi connectivity index (χ0n) is 21.8. The molecule has 1 aliphatic rings. The van der Waals surface area contributed by atoms with Gasteiger partial charge < -0.3 is 14.3 Å². The van der Waals surface area contributed by atoms with Gasteiger partial charge in [0.05, 0.1) is 15.5 Å². The lowest BCUT2D eigenvalue weighted by molar-refractivity contribution is -0.384. The van der Waals surface area contributed by atoms with Crippen molar-refractivity contribution >= 4 is 40.7 Å². The highest BCUT2D eigenvalue weighted by Crippen LogP contribution is 2.32. The number of nitrogens with zero attached hydrogens (tertiary/aromatic N) is 5. The molecule has 0 spiro atoms. The van der Waals surface area contributed by atoms with E-state index in [4.69, 9.17) is 27.7 Å². The van der Waals surface area contributed by atoms with Gasteiger partial charge in [0.2, 0.25) is 17.6 Å². The van der Waals surface area contributed by atoms with Gasteiger partial charge in [-0.3, -0.25) is 19.7 Å². The third-order valence-electron chi connectivity index (χ3n) is 6.88. The molecule has 210 valence electrons. The summed E-state index contributed by atoms with van der Waals surface area (Å²) in [5.74, 6) is -0.0904. The van der Waals surface area contributed by atoms with Crippen molar-refractivity contribution in [2.24, 2.45) is 0 Å². The Morgan fingerprint density at radius 1 is 1.05 bits per heavy atom. The molecule has 1 aliphatic heterocycles. The third-order valence-corrected chi connectivity index (χ3v) is 7.44. The van der Waals surface area contributed by atoms with Crippen molar-refractivity contribution in [1.29, 1.82) is 0 Å². The van der Waals surface area contributed by atoms with Crippen molar-refractivity contribution in [3.63, 3.8) is 0 Å². The van der Waals surface area contributed by atoms with Crippen LogP contribution in [0.2, 0.25) is 10.0 Å².